The van der Waals surface area contributed by atoms with E-state index in [0.717, 1.165) is 11.5 Å². The van der Waals surface area contributed by atoms with Crippen LogP contribution in [0, 0.1) is 0 Å². The maximum Gasteiger partial charge on any atom is 0.203 e. The molecule has 0 unspecified atom stereocenters. The minimum Gasteiger partial charge on any atom is -0.352 e. The second-order valence-electron chi connectivity index (χ2n) is 5.02. The predicted molar refractivity (Wildman–Crippen MR) is 79.5 cm³/mol. The van der Waals surface area contributed by atoms with Gasteiger partial charge in [0, 0.05) is 31.2 Å². The molecule has 0 radical (unpaired) electrons. The minimum atomic E-state index is -3.13. The van der Waals surface area contributed by atoms with Gasteiger partial charge in [-0.25, -0.2) is 13.4 Å². The zero-order valence-corrected chi connectivity index (χ0v) is 12.7. The monoisotopic (exact) mass is 293 g/mol. The van der Waals surface area contributed by atoms with E-state index < -0.39 is 9.84 Å². The van der Waals surface area contributed by atoms with Crippen molar-refractivity contribution in [1.82, 2.24) is 9.55 Å². The van der Waals surface area contributed by atoms with Crippen LogP contribution in [0.5, 0.6) is 0 Å². The second kappa shape index (κ2) is 5.66. The first-order valence-corrected chi connectivity index (χ1v) is 8.33. The van der Waals surface area contributed by atoms with Crippen LogP contribution in [0.15, 0.2) is 41.6 Å². The molecule has 0 atom stereocenters. The summed E-state index contributed by atoms with van der Waals surface area (Å²) in [7, 11) is -3.13. The molecule has 5 nitrogen and oxygen atoms in total. The minimum absolute atomic E-state index is 0.338. The predicted octanol–water partition coefficient (Wildman–Crippen LogP) is 2.48. The lowest BCUT2D eigenvalue weighted by Crippen LogP contribution is -2.09. The van der Waals surface area contributed by atoms with Gasteiger partial charge in [0.1, 0.15) is 0 Å². The fourth-order valence-electron chi connectivity index (χ4n) is 1.90. The molecule has 1 aromatic heterocycles. The Labute approximate surface area is 119 Å². The molecule has 1 aromatic carbocycles. The Bertz CT molecular complexity index is 673. The largest absolute Gasteiger partial charge is 0.352 e. The van der Waals surface area contributed by atoms with Crippen molar-refractivity contribution >= 4 is 15.8 Å². The van der Waals surface area contributed by atoms with E-state index in [4.69, 9.17) is 0 Å². The van der Waals surface area contributed by atoms with E-state index in [1.54, 1.807) is 18.3 Å². The van der Waals surface area contributed by atoms with Gasteiger partial charge in [0.05, 0.1) is 4.90 Å². The summed E-state index contributed by atoms with van der Waals surface area (Å²) < 4.78 is 24.8. The van der Waals surface area contributed by atoms with Crippen LogP contribution < -0.4 is 5.32 Å². The lowest BCUT2D eigenvalue weighted by molar-refractivity contribution is 0.601. The number of hydrogen-bond donors (Lipinski definition) is 1. The maximum atomic E-state index is 11.4. The molecule has 108 valence electrons. The second-order valence-corrected chi connectivity index (χ2v) is 7.04. The summed E-state index contributed by atoms with van der Waals surface area (Å²) in [6, 6.07) is 7.22. The van der Waals surface area contributed by atoms with Gasteiger partial charge in [0.2, 0.25) is 5.95 Å². The fraction of sp³-hybridized carbons (Fsp3) is 0.357. The summed E-state index contributed by atoms with van der Waals surface area (Å²) in [6.45, 7) is 4.79. The van der Waals surface area contributed by atoms with Crippen LogP contribution in [0.3, 0.4) is 0 Å². The highest BCUT2D eigenvalue weighted by atomic mass is 32.2. The van der Waals surface area contributed by atoms with Crippen molar-refractivity contribution in [3.8, 4) is 0 Å². The summed E-state index contributed by atoms with van der Waals surface area (Å²) in [4.78, 5) is 4.60. The summed E-state index contributed by atoms with van der Waals surface area (Å²) in [6.07, 6.45) is 4.90. The molecule has 20 heavy (non-hydrogen) atoms. The van der Waals surface area contributed by atoms with Gasteiger partial charge in [-0.2, -0.15) is 0 Å². The highest BCUT2D eigenvalue weighted by Gasteiger charge is 2.07. The van der Waals surface area contributed by atoms with Crippen LogP contribution >= 0.6 is 0 Å². The molecule has 2 rings (SSSR count). The number of nitrogens with one attached hydrogen (secondary N) is 1. The molecule has 1 heterocycles. The first-order chi connectivity index (χ1) is 9.38. The molecule has 0 saturated heterocycles. The third kappa shape index (κ3) is 3.39. The quantitative estimate of drug-likeness (QED) is 0.920. The number of benzene rings is 1. The van der Waals surface area contributed by atoms with E-state index >= 15 is 0 Å². The van der Waals surface area contributed by atoms with Gasteiger partial charge in [-0.3, -0.25) is 0 Å². The molecular formula is C14H19N3O2S. The molecule has 0 bridgehead atoms. The van der Waals surface area contributed by atoms with Gasteiger partial charge < -0.3 is 9.88 Å². The van der Waals surface area contributed by atoms with Crippen LogP contribution in [0.4, 0.5) is 5.95 Å². The normalized spacial score (nSPS) is 11.8. The Hall–Kier alpha value is -1.82. The topological polar surface area (TPSA) is 64.0 Å². The molecule has 0 aliphatic heterocycles. The average Bonchev–Trinajstić information content (AvgIpc) is 2.84. The van der Waals surface area contributed by atoms with Crippen LogP contribution in [-0.4, -0.2) is 24.2 Å². The molecule has 0 aliphatic rings. The Kier molecular flexibility index (Phi) is 4.13. The molecule has 2 aromatic rings. The molecule has 1 N–H and O–H groups in total. The molecular weight excluding hydrogens is 274 g/mol. The van der Waals surface area contributed by atoms with Gasteiger partial charge >= 0.3 is 0 Å². The number of sulfone groups is 1. The Morgan fingerprint density at radius 2 is 1.90 bits per heavy atom. The summed E-state index contributed by atoms with van der Waals surface area (Å²) in [5, 5.41) is 3.25. The zero-order chi connectivity index (χ0) is 14.8. The van der Waals surface area contributed by atoms with E-state index in [0.29, 0.717) is 17.5 Å². The van der Waals surface area contributed by atoms with Crippen molar-refractivity contribution in [2.75, 3.05) is 11.6 Å². The van der Waals surface area contributed by atoms with Gasteiger partial charge in [-0.1, -0.05) is 12.1 Å². The Balaban J connectivity index is 2.06. The highest BCUT2D eigenvalue weighted by Crippen LogP contribution is 2.15. The highest BCUT2D eigenvalue weighted by molar-refractivity contribution is 7.90. The van der Waals surface area contributed by atoms with Crippen molar-refractivity contribution in [3.63, 3.8) is 0 Å². The lowest BCUT2D eigenvalue weighted by Gasteiger charge is -2.12. The van der Waals surface area contributed by atoms with Gasteiger partial charge in [0.25, 0.3) is 0 Å². The Morgan fingerprint density at radius 1 is 1.25 bits per heavy atom. The fourth-order valence-corrected chi connectivity index (χ4v) is 2.53. The summed E-state index contributed by atoms with van der Waals surface area (Å²) >= 11 is 0. The summed E-state index contributed by atoms with van der Waals surface area (Å²) in [5.74, 6) is 0.812. The smallest absolute Gasteiger partial charge is 0.203 e. The molecule has 0 fully saturated rings. The number of imidazole rings is 1. The van der Waals surface area contributed by atoms with E-state index in [1.807, 2.05) is 22.9 Å². The molecule has 0 saturated carbocycles. The number of anilines is 1. The summed E-state index contributed by atoms with van der Waals surface area (Å²) in [5.41, 5.74) is 1.01. The molecule has 0 spiro atoms. The standard InChI is InChI=1S/C14H19N3O2S/c1-11(2)17-9-8-15-14(17)16-10-12-4-6-13(7-5-12)20(3,18)19/h4-9,11H,10H2,1-3H3,(H,15,16). The van der Waals surface area contributed by atoms with Crippen molar-refractivity contribution in [1.29, 1.82) is 0 Å². The van der Waals surface area contributed by atoms with E-state index in [9.17, 15) is 8.42 Å². The van der Waals surface area contributed by atoms with Crippen LogP contribution in [0.25, 0.3) is 0 Å². The zero-order valence-electron chi connectivity index (χ0n) is 11.9. The molecule has 6 heteroatoms. The van der Waals surface area contributed by atoms with Crippen molar-refractivity contribution in [3.05, 3.63) is 42.2 Å². The number of rotatable bonds is 5. The third-order valence-electron chi connectivity index (χ3n) is 3.03. The third-order valence-corrected chi connectivity index (χ3v) is 4.16. The number of aromatic nitrogens is 2. The van der Waals surface area contributed by atoms with E-state index in [2.05, 4.69) is 24.1 Å². The lowest BCUT2D eigenvalue weighted by atomic mass is 10.2. The van der Waals surface area contributed by atoms with Gasteiger partial charge in [-0.05, 0) is 31.5 Å². The van der Waals surface area contributed by atoms with Crippen LogP contribution in [0.2, 0.25) is 0 Å². The van der Waals surface area contributed by atoms with E-state index in [1.165, 1.54) is 6.26 Å². The Morgan fingerprint density at radius 3 is 2.45 bits per heavy atom. The maximum absolute atomic E-state index is 11.4. The van der Waals surface area contributed by atoms with Crippen LogP contribution in [-0.2, 0) is 16.4 Å². The van der Waals surface area contributed by atoms with Gasteiger partial charge in [0.15, 0.2) is 9.84 Å². The van der Waals surface area contributed by atoms with Crippen molar-refractivity contribution in [2.45, 2.75) is 31.3 Å². The first-order valence-electron chi connectivity index (χ1n) is 6.43. The van der Waals surface area contributed by atoms with Crippen LogP contribution in [0.1, 0.15) is 25.5 Å². The van der Waals surface area contributed by atoms with Crippen molar-refractivity contribution < 1.29 is 8.42 Å². The number of hydrogen-bond acceptors (Lipinski definition) is 4. The van der Waals surface area contributed by atoms with E-state index in [-0.39, 0.29) is 0 Å². The van der Waals surface area contributed by atoms with Crippen molar-refractivity contribution in [2.24, 2.45) is 0 Å². The van der Waals surface area contributed by atoms with Gasteiger partial charge in [-0.15, -0.1) is 0 Å². The molecule has 0 aliphatic carbocycles. The average molecular weight is 293 g/mol. The SMILES string of the molecule is CC(C)n1ccnc1NCc1ccc(S(C)(=O)=O)cc1. The first kappa shape index (κ1) is 14.6. The molecule has 0 amide bonds. The number of nitrogens with zero attached hydrogens (tertiary/aromatic N) is 2.